The number of amides is 1. The first-order valence-corrected chi connectivity index (χ1v) is 13.1. The molecule has 8 heteroatoms. The number of piperazine rings is 1. The molecule has 0 radical (unpaired) electrons. The van der Waals surface area contributed by atoms with Crippen LogP contribution >= 0.6 is 0 Å². The molecule has 0 spiro atoms. The van der Waals surface area contributed by atoms with Crippen molar-refractivity contribution in [3.63, 3.8) is 0 Å². The van der Waals surface area contributed by atoms with Crippen LogP contribution in [0.1, 0.15) is 27.0 Å². The van der Waals surface area contributed by atoms with Crippen LogP contribution in [0.25, 0.3) is 0 Å². The number of ether oxygens (including phenoxy) is 1. The van der Waals surface area contributed by atoms with Crippen molar-refractivity contribution in [2.45, 2.75) is 25.3 Å². The van der Waals surface area contributed by atoms with Crippen molar-refractivity contribution >= 4 is 21.6 Å². The molecule has 7 nitrogen and oxygen atoms in total. The maximum absolute atomic E-state index is 13.0. The zero-order valence-corrected chi connectivity index (χ0v) is 21.1. The third-order valence-corrected chi connectivity index (χ3v) is 7.78. The molecule has 35 heavy (non-hydrogen) atoms. The van der Waals surface area contributed by atoms with E-state index in [-0.39, 0.29) is 10.8 Å². The third kappa shape index (κ3) is 6.01. The number of hydrogen-bond donors (Lipinski definition) is 1. The highest BCUT2D eigenvalue weighted by Crippen LogP contribution is 2.20. The van der Waals surface area contributed by atoms with Gasteiger partial charge in [0.25, 0.3) is 15.9 Å². The van der Waals surface area contributed by atoms with Gasteiger partial charge in [-0.05, 0) is 79.1 Å². The summed E-state index contributed by atoms with van der Waals surface area (Å²) in [5.41, 5.74) is 4.13. The first kappa shape index (κ1) is 24.8. The maximum Gasteiger partial charge on any atom is 0.261 e. The van der Waals surface area contributed by atoms with Crippen LogP contribution in [0.4, 0.5) is 5.69 Å². The largest absolute Gasteiger partial charge is 0.497 e. The first-order valence-electron chi connectivity index (χ1n) is 11.6. The molecular weight excluding hydrogens is 462 g/mol. The summed E-state index contributed by atoms with van der Waals surface area (Å²) in [6.07, 6.45) is 0. The summed E-state index contributed by atoms with van der Waals surface area (Å²) in [7, 11) is -2.04. The van der Waals surface area contributed by atoms with Crippen molar-refractivity contribution in [3.05, 3.63) is 89.0 Å². The Morgan fingerprint density at radius 1 is 0.886 bits per heavy atom. The van der Waals surface area contributed by atoms with Crippen LogP contribution in [0.5, 0.6) is 5.75 Å². The zero-order chi connectivity index (χ0) is 25.0. The number of nitrogens with one attached hydrogen (secondary N) is 1. The Kier molecular flexibility index (Phi) is 7.42. The number of hydrogen-bond acceptors (Lipinski definition) is 5. The number of anilines is 1. The molecule has 1 aliphatic heterocycles. The Hall–Kier alpha value is -3.36. The van der Waals surface area contributed by atoms with Gasteiger partial charge in [0.05, 0.1) is 12.0 Å². The average molecular weight is 494 g/mol. The Bertz CT molecular complexity index is 1280. The highest BCUT2D eigenvalue weighted by atomic mass is 32.2. The van der Waals surface area contributed by atoms with Crippen molar-refractivity contribution in [2.24, 2.45) is 0 Å². The molecular formula is C27H31N3O4S. The first-order chi connectivity index (χ1) is 16.7. The summed E-state index contributed by atoms with van der Waals surface area (Å²) >= 11 is 0. The van der Waals surface area contributed by atoms with E-state index in [1.54, 1.807) is 49.6 Å². The van der Waals surface area contributed by atoms with Gasteiger partial charge in [-0.15, -0.1) is 0 Å². The highest BCUT2D eigenvalue weighted by molar-refractivity contribution is 7.92. The molecule has 0 aliphatic carbocycles. The van der Waals surface area contributed by atoms with Gasteiger partial charge in [0, 0.05) is 44.0 Å². The molecule has 0 aromatic heterocycles. The minimum atomic E-state index is -3.70. The summed E-state index contributed by atoms with van der Waals surface area (Å²) in [4.78, 5) is 17.4. The molecule has 0 unspecified atom stereocenters. The van der Waals surface area contributed by atoms with Crippen molar-refractivity contribution < 1.29 is 17.9 Å². The van der Waals surface area contributed by atoms with Crippen molar-refractivity contribution in [3.8, 4) is 5.75 Å². The predicted molar refractivity (Wildman–Crippen MR) is 137 cm³/mol. The van der Waals surface area contributed by atoms with E-state index in [0.29, 0.717) is 24.3 Å². The molecule has 3 aromatic carbocycles. The van der Waals surface area contributed by atoms with Crippen molar-refractivity contribution in [2.75, 3.05) is 38.0 Å². The smallest absolute Gasteiger partial charge is 0.261 e. The molecule has 184 valence electrons. The van der Waals surface area contributed by atoms with Gasteiger partial charge < -0.3 is 9.64 Å². The number of nitrogens with zero attached hydrogens (tertiary/aromatic N) is 2. The molecule has 1 amide bonds. The molecule has 1 N–H and O–H groups in total. The van der Waals surface area contributed by atoms with E-state index >= 15 is 0 Å². The lowest BCUT2D eigenvalue weighted by atomic mass is 10.1. The van der Waals surface area contributed by atoms with Gasteiger partial charge in [-0.2, -0.15) is 0 Å². The van der Waals surface area contributed by atoms with Crippen molar-refractivity contribution in [1.29, 1.82) is 0 Å². The number of rotatable bonds is 7. The summed E-state index contributed by atoms with van der Waals surface area (Å²) in [5, 5.41) is 0. The summed E-state index contributed by atoms with van der Waals surface area (Å²) < 4.78 is 33.3. The van der Waals surface area contributed by atoms with Crippen LogP contribution in [-0.2, 0) is 16.6 Å². The molecule has 1 saturated heterocycles. The monoisotopic (exact) mass is 493 g/mol. The van der Waals surface area contributed by atoms with Crippen LogP contribution < -0.4 is 9.46 Å². The lowest BCUT2D eigenvalue weighted by Crippen LogP contribution is -2.48. The number of methoxy groups -OCH3 is 1. The molecule has 4 rings (SSSR count). The Morgan fingerprint density at radius 3 is 2.14 bits per heavy atom. The summed E-state index contributed by atoms with van der Waals surface area (Å²) in [6.45, 7) is 7.55. The second-order valence-electron chi connectivity index (χ2n) is 8.85. The minimum Gasteiger partial charge on any atom is -0.497 e. The van der Waals surface area contributed by atoms with E-state index in [2.05, 4.69) is 21.8 Å². The molecule has 3 aromatic rings. The van der Waals surface area contributed by atoms with Gasteiger partial charge in [0.1, 0.15) is 5.75 Å². The lowest BCUT2D eigenvalue weighted by molar-refractivity contribution is 0.0628. The van der Waals surface area contributed by atoms with E-state index in [1.165, 1.54) is 5.56 Å². The van der Waals surface area contributed by atoms with Crippen LogP contribution in [-0.4, -0.2) is 57.4 Å². The second-order valence-corrected chi connectivity index (χ2v) is 10.5. The van der Waals surface area contributed by atoms with Gasteiger partial charge >= 0.3 is 0 Å². The second kappa shape index (κ2) is 10.5. The molecule has 1 fully saturated rings. The fraction of sp³-hybridized carbons (Fsp3) is 0.296. The maximum atomic E-state index is 13.0. The topological polar surface area (TPSA) is 79.0 Å². The molecule has 1 heterocycles. The molecule has 1 aliphatic rings. The average Bonchev–Trinajstić information content (AvgIpc) is 2.86. The van der Waals surface area contributed by atoms with Crippen LogP contribution in [0.15, 0.2) is 71.6 Å². The van der Waals surface area contributed by atoms with Gasteiger partial charge in [-0.3, -0.25) is 14.4 Å². The Balaban J connectivity index is 1.33. The van der Waals surface area contributed by atoms with Crippen molar-refractivity contribution in [1.82, 2.24) is 9.80 Å². The van der Waals surface area contributed by atoms with Crippen LogP contribution in [0.2, 0.25) is 0 Å². The van der Waals surface area contributed by atoms with Crippen LogP contribution in [0.3, 0.4) is 0 Å². The normalized spacial score (nSPS) is 14.5. The fourth-order valence-electron chi connectivity index (χ4n) is 4.06. The Morgan fingerprint density at radius 2 is 1.54 bits per heavy atom. The van der Waals surface area contributed by atoms with Gasteiger partial charge in [-0.25, -0.2) is 8.42 Å². The number of sulfonamides is 1. The van der Waals surface area contributed by atoms with E-state index in [0.717, 1.165) is 36.5 Å². The molecule has 0 bridgehead atoms. The zero-order valence-electron chi connectivity index (χ0n) is 20.3. The molecule has 0 atom stereocenters. The summed E-state index contributed by atoms with van der Waals surface area (Å²) in [6, 6.07) is 19.7. The quantitative estimate of drug-likeness (QED) is 0.537. The van der Waals surface area contributed by atoms with E-state index in [1.807, 2.05) is 30.9 Å². The number of carbonyl (C=O) groups excluding carboxylic acids is 1. The van der Waals surface area contributed by atoms with E-state index < -0.39 is 10.0 Å². The third-order valence-electron chi connectivity index (χ3n) is 6.40. The number of carbonyl (C=O) groups is 1. The number of benzene rings is 3. The predicted octanol–water partition coefficient (Wildman–Crippen LogP) is 4.07. The summed E-state index contributed by atoms with van der Waals surface area (Å²) in [5.74, 6) is 0.797. The van der Waals surface area contributed by atoms with E-state index in [9.17, 15) is 13.2 Å². The molecule has 0 saturated carbocycles. The van der Waals surface area contributed by atoms with E-state index in [4.69, 9.17) is 4.74 Å². The Labute approximate surface area is 207 Å². The van der Waals surface area contributed by atoms with Gasteiger partial charge in [0.2, 0.25) is 0 Å². The van der Waals surface area contributed by atoms with Gasteiger partial charge in [0.15, 0.2) is 0 Å². The fourth-order valence-corrected chi connectivity index (χ4v) is 5.20. The SMILES string of the molecule is COc1ccc(CN2CCN(C(=O)c3ccc(NS(=O)(=O)c4ccc(C)c(C)c4)cc3)CC2)cc1. The number of aryl methyl sites for hydroxylation is 2. The standard InChI is InChI=1S/C27H31N3O4S/c1-20-4-13-26(18-21(20)2)35(32,33)28-24-9-7-23(8-10-24)27(31)30-16-14-29(15-17-30)19-22-5-11-25(34-3)12-6-22/h4-13,18,28H,14-17,19H2,1-3H3. The van der Waals surface area contributed by atoms with Crippen LogP contribution in [0, 0.1) is 13.8 Å². The highest BCUT2D eigenvalue weighted by Gasteiger charge is 2.22. The minimum absolute atomic E-state index is 0.0438. The van der Waals surface area contributed by atoms with Gasteiger partial charge in [-0.1, -0.05) is 18.2 Å². The lowest BCUT2D eigenvalue weighted by Gasteiger charge is -2.34.